The van der Waals surface area contributed by atoms with Gasteiger partial charge in [-0.3, -0.25) is 9.48 Å². The number of nitrogens with zero attached hydrogens (tertiary/aromatic N) is 6. The summed E-state index contributed by atoms with van der Waals surface area (Å²) in [7, 11) is 1.79. The number of carbonyl (C=O) groups excluding carboxylic acids is 1. The predicted octanol–water partition coefficient (Wildman–Crippen LogP) is 1.17. The number of carbonyl (C=O) groups is 1. The lowest BCUT2D eigenvalue weighted by atomic mass is 10.0. The Bertz CT molecular complexity index is 905. The van der Waals surface area contributed by atoms with Gasteiger partial charge in [0.1, 0.15) is 11.5 Å². The van der Waals surface area contributed by atoms with Gasteiger partial charge < -0.3 is 10.2 Å². The van der Waals surface area contributed by atoms with Crippen LogP contribution < -0.4 is 10.2 Å². The van der Waals surface area contributed by atoms with E-state index in [1.54, 1.807) is 22.4 Å². The van der Waals surface area contributed by atoms with E-state index in [0.29, 0.717) is 5.69 Å². The Morgan fingerprint density at radius 2 is 2.08 bits per heavy atom. The van der Waals surface area contributed by atoms with E-state index in [0.717, 1.165) is 43.1 Å². The Kier molecular flexibility index (Phi) is 3.87. The van der Waals surface area contributed by atoms with Crippen molar-refractivity contribution in [1.82, 2.24) is 29.7 Å². The van der Waals surface area contributed by atoms with Crippen LogP contribution in [-0.4, -0.2) is 49.4 Å². The monoisotopic (exact) mass is 339 g/mol. The van der Waals surface area contributed by atoms with E-state index >= 15 is 0 Å². The molecule has 1 aliphatic heterocycles. The normalized spacial score (nSPS) is 15.7. The SMILES string of the molecule is Cc1cc(C(=O)NC2CCN(c3ccn4nccc4n3)CC2)n(C)n1. The molecule has 4 heterocycles. The molecule has 130 valence electrons. The van der Waals surface area contributed by atoms with Crippen molar-refractivity contribution in [1.29, 1.82) is 0 Å². The summed E-state index contributed by atoms with van der Waals surface area (Å²) in [6, 6.07) is 5.87. The first-order chi connectivity index (χ1) is 12.1. The van der Waals surface area contributed by atoms with Gasteiger partial charge in [-0.15, -0.1) is 0 Å². The third kappa shape index (κ3) is 3.07. The Morgan fingerprint density at radius 1 is 1.28 bits per heavy atom. The van der Waals surface area contributed by atoms with Gasteiger partial charge >= 0.3 is 0 Å². The first kappa shape index (κ1) is 15.6. The minimum absolute atomic E-state index is 0.0552. The average Bonchev–Trinajstić information content (AvgIpc) is 3.20. The van der Waals surface area contributed by atoms with Crippen molar-refractivity contribution in [2.45, 2.75) is 25.8 Å². The van der Waals surface area contributed by atoms with Crippen LogP contribution in [0.5, 0.6) is 0 Å². The third-order valence-electron chi connectivity index (χ3n) is 4.63. The fraction of sp³-hybridized carbons (Fsp3) is 0.412. The second-order valence-electron chi connectivity index (χ2n) is 6.45. The molecule has 0 saturated carbocycles. The van der Waals surface area contributed by atoms with Gasteiger partial charge in [0.25, 0.3) is 5.91 Å². The lowest BCUT2D eigenvalue weighted by molar-refractivity contribution is 0.0921. The highest BCUT2D eigenvalue weighted by Crippen LogP contribution is 2.19. The Morgan fingerprint density at radius 3 is 2.80 bits per heavy atom. The van der Waals surface area contributed by atoms with E-state index < -0.39 is 0 Å². The predicted molar refractivity (Wildman–Crippen MR) is 93.6 cm³/mol. The number of nitrogens with one attached hydrogen (secondary N) is 1. The number of aryl methyl sites for hydroxylation is 2. The molecule has 0 spiro atoms. The van der Waals surface area contributed by atoms with Gasteiger partial charge in [0, 0.05) is 38.4 Å². The number of rotatable bonds is 3. The number of amides is 1. The molecule has 3 aromatic heterocycles. The number of fused-ring (bicyclic) bond motifs is 1. The Balaban J connectivity index is 1.38. The molecular weight excluding hydrogens is 318 g/mol. The second kappa shape index (κ2) is 6.19. The van der Waals surface area contributed by atoms with E-state index in [4.69, 9.17) is 0 Å². The molecule has 4 rings (SSSR count). The zero-order valence-electron chi connectivity index (χ0n) is 14.4. The van der Waals surface area contributed by atoms with Crippen molar-refractivity contribution >= 4 is 17.4 Å². The smallest absolute Gasteiger partial charge is 0.269 e. The average molecular weight is 339 g/mol. The maximum atomic E-state index is 12.4. The zero-order chi connectivity index (χ0) is 17.4. The standard InChI is InChI=1S/C17H21N7O/c1-12-11-14(22(2)21-12)17(25)19-13-4-8-23(9-5-13)15-6-10-24-16(20-15)3-7-18-24/h3,6-7,10-11,13H,4-5,8-9H2,1-2H3,(H,19,25). The summed E-state index contributed by atoms with van der Waals surface area (Å²) in [5.41, 5.74) is 2.30. The lowest BCUT2D eigenvalue weighted by Crippen LogP contribution is -2.45. The van der Waals surface area contributed by atoms with Crippen LogP contribution in [0.4, 0.5) is 5.82 Å². The highest BCUT2D eigenvalue weighted by Gasteiger charge is 2.23. The lowest BCUT2D eigenvalue weighted by Gasteiger charge is -2.33. The van der Waals surface area contributed by atoms with Gasteiger partial charge in [0.2, 0.25) is 0 Å². The number of anilines is 1. The highest BCUT2D eigenvalue weighted by molar-refractivity contribution is 5.92. The Hall–Kier alpha value is -2.90. The van der Waals surface area contributed by atoms with Gasteiger partial charge in [0.05, 0.1) is 11.9 Å². The molecule has 1 amide bonds. The molecule has 8 heteroatoms. The molecule has 3 aromatic rings. The summed E-state index contributed by atoms with van der Waals surface area (Å²) < 4.78 is 3.39. The molecule has 8 nitrogen and oxygen atoms in total. The third-order valence-corrected chi connectivity index (χ3v) is 4.63. The molecular formula is C17H21N7O. The van der Waals surface area contributed by atoms with Crippen LogP contribution in [-0.2, 0) is 7.05 Å². The van der Waals surface area contributed by atoms with Crippen LogP contribution in [0.25, 0.3) is 5.65 Å². The fourth-order valence-electron chi connectivity index (χ4n) is 3.31. The summed E-state index contributed by atoms with van der Waals surface area (Å²) >= 11 is 0. The Labute approximate surface area is 145 Å². The second-order valence-corrected chi connectivity index (χ2v) is 6.45. The van der Waals surface area contributed by atoms with Crippen molar-refractivity contribution in [3.05, 3.63) is 42.0 Å². The topological polar surface area (TPSA) is 80.4 Å². The summed E-state index contributed by atoms with van der Waals surface area (Å²) in [6.07, 6.45) is 5.47. The highest BCUT2D eigenvalue weighted by atomic mass is 16.2. The molecule has 0 aromatic carbocycles. The van der Waals surface area contributed by atoms with E-state index in [1.165, 1.54) is 0 Å². The van der Waals surface area contributed by atoms with E-state index in [-0.39, 0.29) is 11.9 Å². The van der Waals surface area contributed by atoms with Gasteiger partial charge in [0.15, 0.2) is 5.65 Å². The van der Waals surface area contributed by atoms with Crippen LogP contribution >= 0.6 is 0 Å². The van der Waals surface area contributed by atoms with Crippen molar-refractivity contribution in [2.24, 2.45) is 7.05 Å². The van der Waals surface area contributed by atoms with Crippen LogP contribution in [0.15, 0.2) is 30.6 Å². The number of aromatic nitrogens is 5. The summed E-state index contributed by atoms with van der Waals surface area (Å²) in [6.45, 7) is 3.62. The van der Waals surface area contributed by atoms with Gasteiger partial charge in [-0.1, -0.05) is 0 Å². The molecule has 0 atom stereocenters. The quantitative estimate of drug-likeness (QED) is 0.775. The maximum Gasteiger partial charge on any atom is 0.269 e. The molecule has 1 saturated heterocycles. The molecule has 0 aliphatic carbocycles. The largest absolute Gasteiger partial charge is 0.356 e. The number of piperidine rings is 1. The number of hydrogen-bond donors (Lipinski definition) is 1. The zero-order valence-corrected chi connectivity index (χ0v) is 14.4. The van der Waals surface area contributed by atoms with Crippen molar-refractivity contribution in [2.75, 3.05) is 18.0 Å². The van der Waals surface area contributed by atoms with Crippen LogP contribution in [0.2, 0.25) is 0 Å². The fourth-order valence-corrected chi connectivity index (χ4v) is 3.31. The van der Waals surface area contributed by atoms with E-state index in [2.05, 4.69) is 25.4 Å². The van der Waals surface area contributed by atoms with Gasteiger partial charge in [-0.25, -0.2) is 9.50 Å². The first-order valence-electron chi connectivity index (χ1n) is 8.47. The molecule has 0 radical (unpaired) electrons. The molecule has 25 heavy (non-hydrogen) atoms. The first-order valence-corrected chi connectivity index (χ1v) is 8.47. The summed E-state index contributed by atoms with van der Waals surface area (Å²) in [4.78, 5) is 19.3. The van der Waals surface area contributed by atoms with Crippen LogP contribution in [0.1, 0.15) is 29.0 Å². The van der Waals surface area contributed by atoms with Gasteiger partial charge in [-0.2, -0.15) is 10.2 Å². The molecule has 1 aliphatic rings. The van der Waals surface area contributed by atoms with Crippen LogP contribution in [0, 0.1) is 6.92 Å². The molecule has 0 bridgehead atoms. The van der Waals surface area contributed by atoms with Crippen LogP contribution in [0.3, 0.4) is 0 Å². The summed E-state index contributed by atoms with van der Waals surface area (Å²) in [5, 5.41) is 11.5. The minimum Gasteiger partial charge on any atom is -0.356 e. The molecule has 1 fully saturated rings. The summed E-state index contributed by atoms with van der Waals surface area (Å²) in [5.74, 6) is 0.903. The number of hydrogen-bond acceptors (Lipinski definition) is 5. The van der Waals surface area contributed by atoms with Crippen molar-refractivity contribution in [3.8, 4) is 0 Å². The van der Waals surface area contributed by atoms with E-state index in [9.17, 15) is 4.79 Å². The molecule has 0 unspecified atom stereocenters. The van der Waals surface area contributed by atoms with Crippen molar-refractivity contribution < 1.29 is 4.79 Å². The van der Waals surface area contributed by atoms with Gasteiger partial charge in [-0.05, 0) is 31.9 Å². The van der Waals surface area contributed by atoms with Crippen molar-refractivity contribution in [3.63, 3.8) is 0 Å². The van der Waals surface area contributed by atoms with E-state index in [1.807, 2.05) is 31.3 Å². The minimum atomic E-state index is -0.0552. The maximum absolute atomic E-state index is 12.4. The molecule has 1 N–H and O–H groups in total.